The van der Waals surface area contributed by atoms with Crippen LogP contribution in [0, 0.1) is 0 Å². The minimum atomic E-state index is -0.588. The van der Waals surface area contributed by atoms with Gasteiger partial charge in [-0.2, -0.15) is 0 Å². The summed E-state index contributed by atoms with van der Waals surface area (Å²) < 4.78 is 1.01. The summed E-state index contributed by atoms with van der Waals surface area (Å²) >= 11 is 3.37. The smallest absolute Gasteiger partial charge is 0.104 e. The van der Waals surface area contributed by atoms with Crippen molar-refractivity contribution in [1.29, 1.82) is 0 Å². The van der Waals surface area contributed by atoms with Crippen LogP contribution in [0.25, 0.3) is 0 Å². The normalized spacial score (nSPS) is 12.4. The molecule has 2 nitrogen and oxygen atoms in total. The molecule has 0 aliphatic rings. The zero-order chi connectivity index (χ0) is 12.3. The van der Waals surface area contributed by atoms with Gasteiger partial charge in [0.2, 0.25) is 0 Å². The number of aliphatic hydroxyl groups is 1. The molecule has 3 heteroatoms. The molecule has 1 atom stereocenters. The third-order valence-electron chi connectivity index (χ3n) is 2.72. The first-order chi connectivity index (χ1) is 8.20. The van der Waals surface area contributed by atoms with E-state index in [1.807, 2.05) is 48.5 Å². The molecule has 0 fully saturated rings. The van der Waals surface area contributed by atoms with Crippen molar-refractivity contribution in [1.82, 2.24) is 0 Å². The van der Waals surface area contributed by atoms with Gasteiger partial charge in [0.1, 0.15) is 6.10 Å². The molecule has 17 heavy (non-hydrogen) atoms. The van der Waals surface area contributed by atoms with Gasteiger partial charge in [-0.1, -0.05) is 52.3 Å². The highest BCUT2D eigenvalue weighted by atomic mass is 79.9. The lowest BCUT2D eigenvalue weighted by atomic mass is 10.0. The Balaban J connectivity index is 2.23. The Morgan fingerprint density at radius 1 is 0.941 bits per heavy atom. The molecule has 0 aliphatic carbocycles. The van der Waals surface area contributed by atoms with Crippen LogP contribution in [0.15, 0.2) is 53.0 Å². The molecule has 88 valence electrons. The average molecular weight is 292 g/mol. The van der Waals surface area contributed by atoms with E-state index >= 15 is 0 Å². The molecule has 0 saturated carbocycles. The van der Waals surface area contributed by atoms with Gasteiger partial charge in [0.05, 0.1) is 0 Å². The molecule has 2 aromatic carbocycles. The number of aliphatic hydroxyl groups excluding tert-OH is 1. The van der Waals surface area contributed by atoms with Crippen molar-refractivity contribution < 1.29 is 5.11 Å². The van der Waals surface area contributed by atoms with Gasteiger partial charge in [-0.05, 0) is 28.8 Å². The zero-order valence-corrected chi connectivity index (χ0v) is 10.9. The number of rotatable bonds is 3. The highest BCUT2D eigenvalue weighted by Gasteiger charge is 2.09. The molecule has 0 bridgehead atoms. The Labute approximate surface area is 109 Å². The first kappa shape index (κ1) is 12.3. The maximum atomic E-state index is 10.2. The van der Waals surface area contributed by atoms with Gasteiger partial charge in [-0.15, -0.1) is 0 Å². The van der Waals surface area contributed by atoms with Crippen LogP contribution in [0.2, 0.25) is 0 Å². The summed E-state index contributed by atoms with van der Waals surface area (Å²) in [5, 5.41) is 10.2. The molecule has 2 aromatic rings. The third-order valence-corrected chi connectivity index (χ3v) is 3.25. The molecule has 0 aliphatic heterocycles. The van der Waals surface area contributed by atoms with E-state index in [1.165, 1.54) is 0 Å². The zero-order valence-electron chi connectivity index (χ0n) is 9.31. The Morgan fingerprint density at radius 2 is 1.41 bits per heavy atom. The third kappa shape index (κ3) is 2.94. The molecule has 0 aromatic heterocycles. The van der Waals surface area contributed by atoms with Crippen molar-refractivity contribution in [2.75, 3.05) is 0 Å². The fourth-order valence-corrected chi connectivity index (χ4v) is 1.94. The fraction of sp³-hybridized carbons (Fsp3) is 0.143. The lowest BCUT2D eigenvalue weighted by molar-refractivity contribution is 0.220. The lowest BCUT2D eigenvalue weighted by Gasteiger charge is -2.12. The van der Waals surface area contributed by atoms with Crippen LogP contribution in [0.5, 0.6) is 0 Å². The van der Waals surface area contributed by atoms with E-state index in [-0.39, 0.29) is 0 Å². The highest BCUT2D eigenvalue weighted by Crippen LogP contribution is 2.23. The molecular weight excluding hydrogens is 278 g/mol. The van der Waals surface area contributed by atoms with Crippen LogP contribution in [0.3, 0.4) is 0 Å². The Kier molecular flexibility index (Phi) is 3.94. The van der Waals surface area contributed by atoms with Crippen molar-refractivity contribution in [2.45, 2.75) is 12.6 Å². The van der Waals surface area contributed by atoms with Gasteiger partial charge >= 0.3 is 0 Å². The quantitative estimate of drug-likeness (QED) is 0.913. The number of hydrogen-bond acceptors (Lipinski definition) is 2. The summed E-state index contributed by atoms with van der Waals surface area (Å²) in [7, 11) is 0. The minimum Gasteiger partial charge on any atom is -0.384 e. The first-order valence-electron chi connectivity index (χ1n) is 5.43. The van der Waals surface area contributed by atoms with Gasteiger partial charge in [-0.25, -0.2) is 0 Å². The Morgan fingerprint density at radius 3 is 1.88 bits per heavy atom. The van der Waals surface area contributed by atoms with Gasteiger partial charge in [0.25, 0.3) is 0 Å². The topological polar surface area (TPSA) is 46.2 Å². The molecular formula is C14H14BrNO. The lowest BCUT2D eigenvalue weighted by Crippen LogP contribution is -2.01. The second-order valence-corrected chi connectivity index (χ2v) is 4.82. The number of benzene rings is 2. The summed E-state index contributed by atoms with van der Waals surface area (Å²) in [5.74, 6) is 0. The van der Waals surface area contributed by atoms with Crippen LogP contribution in [-0.2, 0) is 6.54 Å². The molecule has 1 unspecified atom stereocenters. The van der Waals surface area contributed by atoms with Crippen LogP contribution < -0.4 is 5.73 Å². The van der Waals surface area contributed by atoms with Crippen molar-refractivity contribution in [2.24, 2.45) is 5.73 Å². The van der Waals surface area contributed by atoms with E-state index in [1.54, 1.807) is 0 Å². The standard InChI is InChI=1S/C14H14BrNO/c15-13-7-5-12(6-8-13)14(17)11-3-1-10(9-16)2-4-11/h1-8,14,17H,9,16H2. The summed E-state index contributed by atoms with van der Waals surface area (Å²) in [6.07, 6.45) is -0.588. The van der Waals surface area contributed by atoms with Crippen LogP contribution >= 0.6 is 15.9 Å². The predicted octanol–water partition coefficient (Wildman–Crippen LogP) is 2.99. The van der Waals surface area contributed by atoms with E-state index in [0.717, 1.165) is 21.2 Å². The second kappa shape index (κ2) is 5.45. The van der Waals surface area contributed by atoms with Crippen molar-refractivity contribution >= 4 is 15.9 Å². The molecule has 0 saturated heterocycles. The minimum absolute atomic E-state index is 0.522. The maximum Gasteiger partial charge on any atom is 0.104 e. The van der Waals surface area contributed by atoms with Gasteiger partial charge in [0, 0.05) is 11.0 Å². The number of hydrogen-bond donors (Lipinski definition) is 2. The Bertz CT molecular complexity index is 479. The number of nitrogens with two attached hydrogens (primary N) is 1. The molecule has 2 rings (SSSR count). The number of halogens is 1. The van der Waals surface area contributed by atoms with Gasteiger partial charge in [0.15, 0.2) is 0 Å². The molecule has 0 heterocycles. The van der Waals surface area contributed by atoms with Crippen molar-refractivity contribution in [3.05, 3.63) is 69.7 Å². The van der Waals surface area contributed by atoms with E-state index in [4.69, 9.17) is 5.73 Å². The monoisotopic (exact) mass is 291 g/mol. The van der Waals surface area contributed by atoms with Crippen molar-refractivity contribution in [3.8, 4) is 0 Å². The fourth-order valence-electron chi connectivity index (χ4n) is 1.67. The van der Waals surface area contributed by atoms with Crippen LogP contribution in [-0.4, -0.2) is 5.11 Å². The summed E-state index contributed by atoms with van der Waals surface area (Å²) in [6, 6.07) is 15.4. The molecule has 0 amide bonds. The van der Waals surface area contributed by atoms with E-state index < -0.39 is 6.10 Å². The van der Waals surface area contributed by atoms with Crippen molar-refractivity contribution in [3.63, 3.8) is 0 Å². The summed E-state index contributed by atoms with van der Waals surface area (Å²) in [6.45, 7) is 0.522. The second-order valence-electron chi connectivity index (χ2n) is 3.90. The first-order valence-corrected chi connectivity index (χ1v) is 6.22. The van der Waals surface area contributed by atoms with E-state index in [9.17, 15) is 5.11 Å². The van der Waals surface area contributed by atoms with Gasteiger partial charge < -0.3 is 10.8 Å². The molecule has 0 spiro atoms. The van der Waals surface area contributed by atoms with E-state index in [0.29, 0.717) is 6.54 Å². The van der Waals surface area contributed by atoms with Gasteiger partial charge in [-0.3, -0.25) is 0 Å². The summed E-state index contributed by atoms with van der Waals surface area (Å²) in [4.78, 5) is 0. The molecule has 0 radical (unpaired) electrons. The maximum absolute atomic E-state index is 10.2. The predicted molar refractivity (Wildman–Crippen MR) is 72.5 cm³/mol. The summed E-state index contributed by atoms with van der Waals surface area (Å²) in [5.41, 5.74) is 8.36. The molecule has 3 N–H and O–H groups in total. The van der Waals surface area contributed by atoms with Crippen LogP contribution in [0.1, 0.15) is 22.8 Å². The average Bonchev–Trinajstić information content (AvgIpc) is 2.39. The largest absolute Gasteiger partial charge is 0.384 e. The Hall–Kier alpha value is -1.16. The SMILES string of the molecule is NCc1ccc(C(O)c2ccc(Br)cc2)cc1. The van der Waals surface area contributed by atoms with E-state index in [2.05, 4.69) is 15.9 Å². The highest BCUT2D eigenvalue weighted by molar-refractivity contribution is 9.10. The van der Waals surface area contributed by atoms with Crippen LogP contribution in [0.4, 0.5) is 0 Å².